The Hall–Kier alpha value is -2.71. The van der Waals surface area contributed by atoms with E-state index in [1.54, 1.807) is 6.92 Å². The van der Waals surface area contributed by atoms with Crippen LogP contribution in [0.4, 0.5) is 17.1 Å². The Labute approximate surface area is 145 Å². The van der Waals surface area contributed by atoms with Gasteiger partial charge in [-0.15, -0.1) is 0 Å². The van der Waals surface area contributed by atoms with Crippen LogP contribution >= 0.6 is 23.2 Å². The molecule has 0 atom stereocenters. The first-order chi connectivity index (χ1) is 11.2. The summed E-state index contributed by atoms with van der Waals surface area (Å²) in [7, 11) is 0. The fraction of sp³-hybridized carbons (Fsp3) is 0.0714. The van der Waals surface area contributed by atoms with Crippen LogP contribution in [0, 0.1) is 27.2 Å². The van der Waals surface area contributed by atoms with E-state index in [0.29, 0.717) is 5.56 Å². The second-order valence-electron chi connectivity index (χ2n) is 4.75. The predicted molar refractivity (Wildman–Crippen MR) is 88.9 cm³/mol. The first kappa shape index (κ1) is 17.6. The third-order valence-corrected chi connectivity index (χ3v) is 3.76. The monoisotopic (exact) mass is 369 g/mol. The van der Waals surface area contributed by atoms with Crippen LogP contribution in [0.3, 0.4) is 0 Å². The Bertz CT molecular complexity index is 870. The molecule has 0 radical (unpaired) electrons. The average Bonchev–Trinajstić information content (AvgIpc) is 2.50. The molecule has 1 amide bonds. The van der Waals surface area contributed by atoms with Gasteiger partial charge in [-0.05, 0) is 19.1 Å². The zero-order chi connectivity index (χ0) is 18.0. The van der Waals surface area contributed by atoms with Crippen molar-refractivity contribution in [2.24, 2.45) is 0 Å². The lowest BCUT2D eigenvalue weighted by Gasteiger charge is -2.08. The fourth-order valence-electron chi connectivity index (χ4n) is 1.91. The maximum atomic E-state index is 12.2. The molecule has 2 aromatic rings. The molecule has 0 fully saturated rings. The molecule has 0 aliphatic heterocycles. The van der Waals surface area contributed by atoms with Crippen molar-refractivity contribution in [1.29, 1.82) is 0 Å². The normalized spacial score (nSPS) is 10.3. The Kier molecular flexibility index (Phi) is 5.01. The van der Waals surface area contributed by atoms with Crippen LogP contribution in [-0.2, 0) is 0 Å². The highest BCUT2D eigenvalue weighted by Crippen LogP contribution is 2.34. The van der Waals surface area contributed by atoms with Crippen molar-refractivity contribution in [3.8, 4) is 0 Å². The van der Waals surface area contributed by atoms with Crippen molar-refractivity contribution in [3.05, 3.63) is 71.7 Å². The van der Waals surface area contributed by atoms with Crippen molar-refractivity contribution in [1.82, 2.24) is 0 Å². The highest BCUT2D eigenvalue weighted by molar-refractivity contribution is 6.37. The Morgan fingerprint density at radius 3 is 2.21 bits per heavy atom. The zero-order valence-corrected chi connectivity index (χ0v) is 13.6. The number of nitro groups is 2. The molecule has 2 aromatic carbocycles. The third-order valence-electron chi connectivity index (χ3n) is 3.15. The zero-order valence-electron chi connectivity index (χ0n) is 12.1. The summed E-state index contributed by atoms with van der Waals surface area (Å²) in [5.41, 5.74) is -0.0904. The van der Waals surface area contributed by atoms with Gasteiger partial charge in [-0.1, -0.05) is 29.3 Å². The number of hydrogen-bond donors (Lipinski definition) is 1. The van der Waals surface area contributed by atoms with E-state index in [-0.39, 0.29) is 27.0 Å². The number of nitrogens with one attached hydrogen (secondary N) is 1. The molecule has 0 bridgehead atoms. The largest absolute Gasteiger partial charge is 0.321 e. The van der Waals surface area contributed by atoms with Gasteiger partial charge in [0.2, 0.25) is 0 Å². The van der Waals surface area contributed by atoms with Gasteiger partial charge in [-0.3, -0.25) is 25.0 Å². The smallest absolute Gasteiger partial charge is 0.289 e. The number of rotatable bonds is 4. The molecular formula is C14H9Cl2N3O5. The molecule has 0 unspecified atom stereocenters. The predicted octanol–water partition coefficient (Wildman–Crippen LogP) is 4.37. The Balaban J connectivity index is 2.34. The van der Waals surface area contributed by atoms with Crippen molar-refractivity contribution in [3.63, 3.8) is 0 Å². The van der Waals surface area contributed by atoms with Crippen LogP contribution in [-0.4, -0.2) is 15.8 Å². The van der Waals surface area contributed by atoms with E-state index >= 15 is 0 Å². The topological polar surface area (TPSA) is 115 Å². The summed E-state index contributed by atoms with van der Waals surface area (Å²) < 4.78 is 0. The lowest BCUT2D eigenvalue weighted by molar-refractivity contribution is -0.385. The molecule has 0 saturated carbocycles. The minimum Gasteiger partial charge on any atom is -0.321 e. The summed E-state index contributed by atoms with van der Waals surface area (Å²) in [5, 5.41) is 23.8. The van der Waals surface area contributed by atoms with E-state index in [1.165, 1.54) is 12.1 Å². The van der Waals surface area contributed by atoms with Crippen LogP contribution in [0.2, 0.25) is 10.0 Å². The van der Waals surface area contributed by atoms with Gasteiger partial charge in [-0.2, -0.15) is 0 Å². The number of nitrogens with zero attached hydrogens (tertiary/aromatic N) is 2. The second-order valence-corrected chi connectivity index (χ2v) is 5.57. The number of carbonyl (C=O) groups excluding carboxylic acids is 1. The minimum atomic E-state index is -0.705. The van der Waals surface area contributed by atoms with Crippen molar-refractivity contribution in [2.75, 3.05) is 5.32 Å². The SMILES string of the molecule is Cc1ccc(C(=O)Nc2cc(Cl)c([N+](=O)[O-])cc2Cl)cc1[N+](=O)[O-]. The number of carbonyl (C=O) groups is 1. The van der Waals surface area contributed by atoms with Crippen LogP contribution in [0.5, 0.6) is 0 Å². The summed E-state index contributed by atoms with van der Waals surface area (Å²) in [5.74, 6) is -0.662. The van der Waals surface area contributed by atoms with Crippen LogP contribution in [0.1, 0.15) is 15.9 Å². The minimum absolute atomic E-state index is 0.0397. The van der Waals surface area contributed by atoms with Gasteiger partial charge < -0.3 is 5.32 Å². The van der Waals surface area contributed by atoms with Gasteiger partial charge in [0.25, 0.3) is 17.3 Å². The molecule has 0 aliphatic carbocycles. The summed E-state index contributed by atoms with van der Waals surface area (Å²) in [6.07, 6.45) is 0. The highest BCUT2D eigenvalue weighted by Gasteiger charge is 2.19. The van der Waals surface area contributed by atoms with Gasteiger partial charge in [0.05, 0.1) is 20.6 Å². The van der Waals surface area contributed by atoms with Crippen LogP contribution in [0.15, 0.2) is 30.3 Å². The van der Waals surface area contributed by atoms with E-state index < -0.39 is 21.4 Å². The van der Waals surface area contributed by atoms with E-state index in [9.17, 15) is 25.0 Å². The lowest BCUT2D eigenvalue weighted by atomic mass is 10.1. The number of hydrogen-bond acceptors (Lipinski definition) is 5. The number of nitro benzene ring substituents is 2. The summed E-state index contributed by atoms with van der Waals surface area (Å²) in [6, 6.07) is 6.14. The fourth-order valence-corrected chi connectivity index (χ4v) is 2.35. The van der Waals surface area contributed by atoms with Crippen LogP contribution in [0.25, 0.3) is 0 Å². The Morgan fingerprint density at radius 1 is 1.00 bits per heavy atom. The molecule has 0 spiro atoms. The first-order valence-corrected chi connectivity index (χ1v) is 7.16. The maximum Gasteiger partial charge on any atom is 0.289 e. The van der Waals surface area contributed by atoms with Gasteiger partial charge in [0.1, 0.15) is 5.02 Å². The lowest BCUT2D eigenvalue weighted by Crippen LogP contribution is -2.13. The summed E-state index contributed by atoms with van der Waals surface area (Å²) >= 11 is 11.7. The van der Waals surface area contributed by atoms with E-state index in [2.05, 4.69) is 5.32 Å². The third kappa shape index (κ3) is 3.61. The van der Waals surface area contributed by atoms with Crippen molar-refractivity contribution < 1.29 is 14.6 Å². The van der Waals surface area contributed by atoms with E-state index in [1.807, 2.05) is 0 Å². The van der Waals surface area contributed by atoms with E-state index in [4.69, 9.17) is 23.2 Å². The van der Waals surface area contributed by atoms with Gasteiger partial charge >= 0.3 is 0 Å². The standard InChI is InChI=1S/C14H9Cl2N3O5/c1-7-2-3-8(4-12(7)18(21)22)14(20)17-11-5-10(16)13(19(23)24)6-9(11)15/h2-6H,1H3,(H,17,20). The molecule has 10 heteroatoms. The molecule has 0 saturated heterocycles. The molecule has 0 heterocycles. The second kappa shape index (κ2) is 6.81. The molecule has 24 heavy (non-hydrogen) atoms. The number of benzene rings is 2. The summed E-state index contributed by atoms with van der Waals surface area (Å²) in [6.45, 7) is 1.55. The molecular weight excluding hydrogens is 361 g/mol. The van der Waals surface area contributed by atoms with Crippen LogP contribution < -0.4 is 5.32 Å². The first-order valence-electron chi connectivity index (χ1n) is 6.40. The number of aryl methyl sites for hydroxylation is 1. The number of amides is 1. The molecule has 0 aliphatic rings. The van der Waals surface area contributed by atoms with E-state index in [0.717, 1.165) is 18.2 Å². The summed E-state index contributed by atoms with van der Waals surface area (Å²) in [4.78, 5) is 32.6. The molecule has 0 aromatic heterocycles. The van der Waals surface area contributed by atoms with Crippen molar-refractivity contribution in [2.45, 2.75) is 6.92 Å². The van der Waals surface area contributed by atoms with Gasteiger partial charge in [-0.25, -0.2) is 0 Å². The number of anilines is 1. The Morgan fingerprint density at radius 2 is 1.62 bits per heavy atom. The van der Waals surface area contributed by atoms with Gasteiger partial charge in [0, 0.05) is 23.3 Å². The molecule has 2 rings (SSSR count). The van der Waals surface area contributed by atoms with Crippen molar-refractivity contribution >= 4 is 46.2 Å². The quantitative estimate of drug-likeness (QED) is 0.634. The van der Waals surface area contributed by atoms with Gasteiger partial charge in [0.15, 0.2) is 0 Å². The maximum absolute atomic E-state index is 12.2. The average molecular weight is 370 g/mol. The molecule has 124 valence electrons. The molecule has 1 N–H and O–H groups in total. The molecule has 8 nitrogen and oxygen atoms in total. The highest BCUT2D eigenvalue weighted by atomic mass is 35.5. The number of halogens is 2.